The SMILES string of the molecule is CCC1CN(c2ccc(N(CC)CC)cc2)C(CC)CN1. The number of nitrogens with one attached hydrogen (secondary N) is 1. The molecule has 2 atom stereocenters. The molecular formula is C18H31N3. The summed E-state index contributed by atoms with van der Waals surface area (Å²) in [5, 5.41) is 3.67. The van der Waals surface area contributed by atoms with E-state index in [0.29, 0.717) is 12.1 Å². The number of piperazine rings is 1. The summed E-state index contributed by atoms with van der Waals surface area (Å²) in [5.74, 6) is 0. The Morgan fingerprint density at radius 3 is 2.24 bits per heavy atom. The molecule has 1 fully saturated rings. The van der Waals surface area contributed by atoms with Gasteiger partial charge in [-0.3, -0.25) is 0 Å². The highest BCUT2D eigenvalue weighted by atomic mass is 15.2. The minimum atomic E-state index is 0.618. The van der Waals surface area contributed by atoms with Crippen molar-refractivity contribution in [3.63, 3.8) is 0 Å². The smallest absolute Gasteiger partial charge is 0.0412 e. The average Bonchev–Trinajstić information content (AvgIpc) is 2.56. The zero-order valence-corrected chi connectivity index (χ0v) is 14.1. The van der Waals surface area contributed by atoms with Crippen molar-refractivity contribution in [3.8, 4) is 0 Å². The first kappa shape index (κ1) is 16.2. The lowest BCUT2D eigenvalue weighted by atomic mass is 10.0. The number of hydrogen-bond acceptors (Lipinski definition) is 3. The summed E-state index contributed by atoms with van der Waals surface area (Å²) in [4.78, 5) is 4.99. The molecule has 0 bridgehead atoms. The topological polar surface area (TPSA) is 18.5 Å². The van der Waals surface area contributed by atoms with Crippen molar-refractivity contribution in [2.24, 2.45) is 0 Å². The van der Waals surface area contributed by atoms with Gasteiger partial charge < -0.3 is 15.1 Å². The first-order chi connectivity index (χ1) is 10.2. The normalized spacial score (nSPS) is 22.4. The van der Waals surface area contributed by atoms with E-state index in [1.807, 2.05) is 0 Å². The summed E-state index contributed by atoms with van der Waals surface area (Å²) in [6, 6.07) is 10.4. The molecule has 1 aromatic carbocycles. The van der Waals surface area contributed by atoms with Gasteiger partial charge in [-0.25, -0.2) is 0 Å². The number of anilines is 2. The Hall–Kier alpha value is -1.22. The Bertz CT molecular complexity index is 411. The third kappa shape index (κ3) is 3.70. The Kier molecular flexibility index (Phi) is 5.92. The van der Waals surface area contributed by atoms with E-state index in [9.17, 15) is 0 Å². The van der Waals surface area contributed by atoms with Crippen LogP contribution in [0.2, 0.25) is 0 Å². The monoisotopic (exact) mass is 289 g/mol. The maximum Gasteiger partial charge on any atom is 0.0412 e. The van der Waals surface area contributed by atoms with Gasteiger partial charge in [0, 0.05) is 49.6 Å². The van der Waals surface area contributed by atoms with Crippen molar-refractivity contribution in [1.29, 1.82) is 0 Å². The van der Waals surface area contributed by atoms with Crippen molar-refractivity contribution in [2.75, 3.05) is 36.0 Å². The molecule has 2 rings (SSSR count). The van der Waals surface area contributed by atoms with Gasteiger partial charge in [-0.15, -0.1) is 0 Å². The van der Waals surface area contributed by atoms with Crippen molar-refractivity contribution in [2.45, 2.75) is 52.6 Å². The van der Waals surface area contributed by atoms with Crippen LogP contribution in [-0.2, 0) is 0 Å². The van der Waals surface area contributed by atoms with Gasteiger partial charge in [0.2, 0.25) is 0 Å². The van der Waals surface area contributed by atoms with Crippen molar-refractivity contribution < 1.29 is 0 Å². The second-order valence-corrected chi connectivity index (χ2v) is 5.92. The second kappa shape index (κ2) is 7.69. The fraction of sp³-hybridized carbons (Fsp3) is 0.667. The van der Waals surface area contributed by atoms with Crippen LogP contribution in [0.15, 0.2) is 24.3 Å². The molecule has 3 heteroatoms. The molecule has 0 aromatic heterocycles. The Morgan fingerprint density at radius 2 is 1.71 bits per heavy atom. The van der Waals surface area contributed by atoms with E-state index in [0.717, 1.165) is 26.2 Å². The average molecular weight is 289 g/mol. The Morgan fingerprint density at radius 1 is 1.05 bits per heavy atom. The van der Waals surface area contributed by atoms with Gasteiger partial charge in [0.1, 0.15) is 0 Å². The van der Waals surface area contributed by atoms with Crippen molar-refractivity contribution in [1.82, 2.24) is 5.32 Å². The number of rotatable bonds is 6. The maximum atomic E-state index is 3.67. The number of benzene rings is 1. The van der Waals surface area contributed by atoms with Crippen LogP contribution < -0.4 is 15.1 Å². The molecule has 0 spiro atoms. The summed E-state index contributed by atoms with van der Waals surface area (Å²) >= 11 is 0. The lowest BCUT2D eigenvalue weighted by Crippen LogP contribution is -2.56. The Balaban J connectivity index is 2.15. The summed E-state index contributed by atoms with van der Waals surface area (Å²) in [6.07, 6.45) is 2.39. The van der Waals surface area contributed by atoms with Crippen molar-refractivity contribution in [3.05, 3.63) is 24.3 Å². The van der Waals surface area contributed by atoms with Gasteiger partial charge in [0.15, 0.2) is 0 Å². The highest BCUT2D eigenvalue weighted by molar-refractivity contribution is 5.57. The van der Waals surface area contributed by atoms with Gasteiger partial charge >= 0.3 is 0 Å². The van der Waals surface area contributed by atoms with E-state index in [4.69, 9.17) is 0 Å². The molecule has 1 N–H and O–H groups in total. The third-order valence-corrected chi connectivity index (χ3v) is 4.77. The lowest BCUT2D eigenvalue weighted by molar-refractivity contribution is 0.379. The maximum absolute atomic E-state index is 3.67. The zero-order chi connectivity index (χ0) is 15.2. The molecular weight excluding hydrogens is 258 g/mol. The Labute approximate surface area is 130 Å². The molecule has 0 amide bonds. The molecule has 3 nitrogen and oxygen atoms in total. The van der Waals surface area contributed by atoms with Crippen molar-refractivity contribution >= 4 is 11.4 Å². The first-order valence-corrected chi connectivity index (χ1v) is 8.58. The molecule has 1 saturated heterocycles. The minimum absolute atomic E-state index is 0.618. The summed E-state index contributed by atoms with van der Waals surface area (Å²) in [6.45, 7) is 13.4. The van der Waals surface area contributed by atoms with Gasteiger partial charge in [0.25, 0.3) is 0 Å². The summed E-state index contributed by atoms with van der Waals surface area (Å²) in [7, 11) is 0. The van der Waals surface area contributed by atoms with Gasteiger partial charge in [-0.2, -0.15) is 0 Å². The van der Waals surface area contributed by atoms with Gasteiger partial charge in [0.05, 0.1) is 0 Å². The number of hydrogen-bond donors (Lipinski definition) is 1. The van der Waals surface area contributed by atoms with E-state index >= 15 is 0 Å². The lowest BCUT2D eigenvalue weighted by Gasteiger charge is -2.41. The largest absolute Gasteiger partial charge is 0.372 e. The first-order valence-electron chi connectivity index (χ1n) is 8.58. The molecule has 1 aliphatic heterocycles. The van der Waals surface area contributed by atoms with Gasteiger partial charge in [-0.1, -0.05) is 13.8 Å². The molecule has 0 saturated carbocycles. The van der Waals surface area contributed by atoms with Gasteiger partial charge in [-0.05, 0) is 51.0 Å². The van der Waals surface area contributed by atoms with Crippen LogP contribution in [0.1, 0.15) is 40.5 Å². The zero-order valence-electron chi connectivity index (χ0n) is 14.1. The molecule has 0 aliphatic carbocycles. The van der Waals surface area contributed by atoms with Crippen LogP contribution in [0.5, 0.6) is 0 Å². The highest BCUT2D eigenvalue weighted by Crippen LogP contribution is 2.25. The fourth-order valence-corrected chi connectivity index (χ4v) is 3.26. The predicted octanol–water partition coefficient (Wildman–Crippen LogP) is 3.50. The second-order valence-electron chi connectivity index (χ2n) is 5.92. The van der Waals surface area contributed by atoms with Crippen LogP contribution >= 0.6 is 0 Å². The van der Waals surface area contributed by atoms with Crippen LogP contribution in [-0.4, -0.2) is 38.3 Å². The van der Waals surface area contributed by atoms with E-state index in [-0.39, 0.29) is 0 Å². The van der Waals surface area contributed by atoms with E-state index < -0.39 is 0 Å². The van der Waals surface area contributed by atoms with Crippen LogP contribution in [0, 0.1) is 0 Å². The molecule has 1 heterocycles. The number of nitrogens with zero attached hydrogens (tertiary/aromatic N) is 2. The van der Waals surface area contributed by atoms with E-state index in [1.54, 1.807) is 0 Å². The third-order valence-electron chi connectivity index (χ3n) is 4.77. The molecule has 118 valence electrons. The quantitative estimate of drug-likeness (QED) is 0.864. The predicted molar refractivity (Wildman–Crippen MR) is 93.5 cm³/mol. The summed E-state index contributed by atoms with van der Waals surface area (Å²) < 4.78 is 0. The van der Waals surface area contributed by atoms with E-state index in [2.05, 4.69) is 67.1 Å². The van der Waals surface area contributed by atoms with Crippen LogP contribution in [0.25, 0.3) is 0 Å². The molecule has 1 aromatic rings. The molecule has 0 radical (unpaired) electrons. The molecule has 21 heavy (non-hydrogen) atoms. The molecule has 1 aliphatic rings. The fourth-order valence-electron chi connectivity index (χ4n) is 3.26. The minimum Gasteiger partial charge on any atom is -0.372 e. The van der Waals surface area contributed by atoms with E-state index in [1.165, 1.54) is 24.2 Å². The standard InChI is InChI=1S/C18H31N3/c1-5-15-14-21(16(6-2)13-19-15)18-11-9-17(10-12-18)20(7-3)8-4/h9-12,15-16,19H,5-8,13-14H2,1-4H3. The van der Waals surface area contributed by atoms with Crippen LogP contribution in [0.3, 0.4) is 0 Å². The summed E-state index contributed by atoms with van der Waals surface area (Å²) in [5.41, 5.74) is 2.71. The molecule has 2 unspecified atom stereocenters. The van der Waals surface area contributed by atoms with Crippen LogP contribution in [0.4, 0.5) is 11.4 Å². The highest BCUT2D eigenvalue weighted by Gasteiger charge is 2.25.